The van der Waals surface area contributed by atoms with E-state index in [9.17, 15) is 0 Å². The number of hydrogen-bond acceptors (Lipinski definition) is 4. The lowest BCUT2D eigenvalue weighted by atomic mass is 9.94. The smallest absolute Gasteiger partial charge is 0.126 e. The lowest BCUT2D eigenvalue weighted by Gasteiger charge is -2.43. The fourth-order valence-electron chi connectivity index (χ4n) is 3.41. The number of pyridine rings is 1. The minimum atomic E-state index is 0.371. The molecule has 20 heavy (non-hydrogen) atoms. The van der Waals surface area contributed by atoms with Gasteiger partial charge in [0.2, 0.25) is 0 Å². The van der Waals surface area contributed by atoms with Gasteiger partial charge >= 0.3 is 0 Å². The molecule has 1 aromatic heterocycles. The van der Waals surface area contributed by atoms with Crippen LogP contribution in [0.1, 0.15) is 25.7 Å². The molecule has 3 nitrogen and oxygen atoms in total. The summed E-state index contributed by atoms with van der Waals surface area (Å²) in [4.78, 5) is 7.17. The molecule has 1 aromatic rings. The SMILES string of the molecule is Brc1ccc(NCC2(N3CCSCC3)CCCC2)nc1. The molecular formula is C15H22BrN3S. The van der Waals surface area contributed by atoms with Gasteiger partial charge in [-0.15, -0.1) is 0 Å². The Morgan fingerprint density at radius 2 is 2.00 bits per heavy atom. The molecule has 0 amide bonds. The van der Waals surface area contributed by atoms with Crippen molar-refractivity contribution in [2.45, 2.75) is 31.2 Å². The second kappa shape index (κ2) is 6.67. The van der Waals surface area contributed by atoms with Crippen molar-refractivity contribution < 1.29 is 0 Å². The topological polar surface area (TPSA) is 28.2 Å². The van der Waals surface area contributed by atoms with Gasteiger partial charge in [-0.3, -0.25) is 4.90 Å². The molecule has 0 aromatic carbocycles. The molecule has 1 aliphatic carbocycles. The number of aromatic nitrogens is 1. The molecule has 0 spiro atoms. The third-order valence-corrected chi connectivity index (χ3v) is 5.95. The van der Waals surface area contributed by atoms with E-state index in [1.807, 2.05) is 12.3 Å². The summed E-state index contributed by atoms with van der Waals surface area (Å²) < 4.78 is 1.03. The molecule has 0 atom stereocenters. The van der Waals surface area contributed by atoms with Crippen LogP contribution in [0, 0.1) is 0 Å². The third-order valence-electron chi connectivity index (χ3n) is 4.54. The number of thioether (sulfide) groups is 1. The normalized spacial score (nSPS) is 22.9. The van der Waals surface area contributed by atoms with Crippen molar-refractivity contribution in [3.8, 4) is 0 Å². The first-order chi connectivity index (χ1) is 9.78. The highest BCUT2D eigenvalue weighted by Gasteiger charge is 2.39. The highest BCUT2D eigenvalue weighted by molar-refractivity contribution is 9.10. The molecule has 0 unspecified atom stereocenters. The molecule has 1 saturated heterocycles. The summed E-state index contributed by atoms with van der Waals surface area (Å²) in [5.74, 6) is 3.57. The first-order valence-electron chi connectivity index (χ1n) is 7.47. The molecule has 5 heteroatoms. The van der Waals surface area contributed by atoms with E-state index in [2.05, 4.69) is 49.0 Å². The minimum absolute atomic E-state index is 0.371. The minimum Gasteiger partial charge on any atom is -0.368 e. The highest BCUT2D eigenvalue weighted by atomic mass is 79.9. The molecule has 1 saturated carbocycles. The van der Waals surface area contributed by atoms with Crippen molar-refractivity contribution in [2.75, 3.05) is 36.5 Å². The Kier molecular flexibility index (Phi) is 4.89. The molecule has 3 rings (SSSR count). The highest BCUT2D eigenvalue weighted by Crippen LogP contribution is 2.36. The van der Waals surface area contributed by atoms with Crippen LogP contribution in [0.15, 0.2) is 22.8 Å². The summed E-state index contributed by atoms with van der Waals surface area (Å²) in [5, 5.41) is 3.57. The van der Waals surface area contributed by atoms with E-state index < -0.39 is 0 Å². The Morgan fingerprint density at radius 1 is 1.25 bits per heavy atom. The number of halogens is 1. The predicted octanol–water partition coefficient (Wildman–Crippen LogP) is 3.62. The van der Waals surface area contributed by atoms with Crippen molar-refractivity contribution in [1.29, 1.82) is 0 Å². The zero-order valence-electron chi connectivity index (χ0n) is 11.8. The van der Waals surface area contributed by atoms with Gasteiger partial charge in [-0.2, -0.15) is 11.8 Å². The predicted molar refractivity (Wildman–Crippen MR) is 90.5 cm³/mol. The van der Waals surface area contributed by atoms with E-state index in [1.165, 1.54) is 50.3 Å². The van der Waals surface area contributed by atoms with E-state index in [1.54, 1.807) is 0 Å². The zero-order chi connectivity index (χ0) is 13.8. The number of rotatable bonds is 4. The first-order valence-corrected chi connectivity index (χ1v) is 9.42. The Hall–Kier alpha value is -0.260. The summed E-state index contributed by atoms with van der Waals surface area (Å²) in [5.41, 5.74) is 0.371. The van der Waals surface area contributed by atoms with Crippen LogP contribution in [-0.4, -0.2) is 46.6 Å². The van der Waals surface area contributed by atoms with Crippen molar-refractivity contribution in [3.63, 3.8) is 0 Å². The number of anilines is 1. The Labute approximate surface area is 134 Å². The van der Waals surface area contributed by atoms with Gasteiger partial charge in [0.1, 0.15) is 5.82 Å². The van der Waals surface area contributed by atoms with Crippen molar-refractivity contribution in [2.24, 2.45) is 0 Å². The van der Waals surface area contributed by atoms with Gasteiger partial charge in [0.05, 0.1) is 0 Å². The van der Waals surface area contributed by atoms with Gasteiger partial charge in [-0.1, -0.05) is 12.8 Å². The summed E-state index contributed by atoms with van der Waals surface area (Å²) >= 11 is 5.53. The maximum Gasteiger partial charge on any atom is 0.126 e. The molecule has 110 valence electrons. The molecular weight excluding hydrogens is 334 g/mol. The van der Waals surface area contributed by atoms with Gasteiger partial charge < -0.3 is 5.32 Å². The molecule has 0 bridgehead atoms. The standard InChI is InChI=1S/C15H22BrN3S/c16-13-3-4-14(17-11-13)18-12-15(5-1-2-6-15)19-7-9-20-10-8-19/h3-4,11H,1-2,5-10,12H2,(H,17,18). The first kappa shape index (κ1) is 14.7. The fourth-order valence-corrected chi connectivity index (χ4v) is 4.55. The molecule has 2 aliphatic rings. The Bertz CT molecular complexity index is 425. The van der Waals surface area contributed by atoms with Gasteiger partial charge in [-0.05, 0) is 40.9 Å². The largest absolute Gasteiger partial charge is 0.368 e. The number of nitrogens with one attached hydrogen (secondary N) is 1. The Balaban J connectivity index is 1.66. The second-order valence-corrected chi connectivity index (χ2v) is 7.89. The van der Waals surface area contributed by atoms with E-state index >= 15 is 0 Å². The average molecular weight is 356 g/mol. The van der Waals surface area contributed by atoms with Crippen molar-refractivity contribution in [1.82, 2.24) is 9.88 Å². The van der Waals surface area contributed by atoms with Gasteiger partial charge in [0, 0.05) is 47.3 Å². The third kappa shape index (κ3) is 3.31. The molecule has 2 heterocycles. The fraction of sp³-hybridized carbons (Fsp3) is 0.667. The van der Waals surface area contributed by atoms with E-state index in [-0.39, 0.29) is 0 Å². The van der Waals surface area contributed by atoms with E-state index in [0.29, 0.717) is 5.54 Å². The number of hydrogen-bond donors (Lipinski definition) is 1. The lowest BCUT2D eigenvalue weighted by Crippen LogP contribution is -2.54. The average Bonchev–Trinajstić information content (AvgIpc) is 2.98. The maximum absolute atomic E-state index is 4.43. The summed E-state index contributed by atoms with van der Waals surface area (Å²) in [6.07, 6.45) is 7.28. The maximum atomic E-state index is 4.43. The second-order valence-electron chi connectivity index (χ2n) is 5.75. The van der Waals surface area contributed by atoms with Crippen LogP contribution in [0.5, 0.6) is 0 Å². The summed E-state index contributed by atoms with van der Waals surface area (Å²) in [6, 6.07) is 4.10. The van der Waals surface area contributed by atoms with Crippen LogP contribution in [0.4, 0.5) is 5.82 Å². The number of nitrogens with zero attached hydrogens (tertiary/aromatic N) is 2. The van der Waals surface area contributed by atoms with Crippen molar-refractivity contribution >= 4 is 33.5 Å². The zero-order valence-corrected chi connectivity index (χ0v) is 14.2. The van der Waals surface area contributed by atoms with Crippen molar-refractivity contribution in [3.05, 3.63) is 22.8 Å². The molecule has 1 N–H and O–H groups in total. The van der Waals surface area contributed by atoms with Crippen LogP contribution < -0.4 is 5.32 Å². The summed E-state index contributed by atoms with van der Waals surface area (Å²) in [6.45, 7) is 3.53. The quantitative estimate of drug-likeness (QED) is 0.892. The van der Waals surface area contributed by atoms with Crippen LogP contribution in [0.3, 0.4) is 0 Å². The van der Waals surface area contributed by atoms with Crippen LogP contribution in [-0.2, 0) is 0 Å². The summed E-state index contributed by atoms with van der Waals surface area (Å²) in [7, 11) is 0. The van der Waals surface area contributed by atoms with Crippen LogP contribution in [0.25, 0.3) is 0 Å². The molecule has 0 radical (unpaired) electrons. The lowest BCUT2D eigenvalue weighted by molar-refractivity contribution is 0.116. The van der Waals surface area contributed by atoms with Gasteiger partial charge in [0.15, 0.2) is 0 Å². The van der Waals surface area contributed by atoms with Gasteiger partial charge in [0.25, 0.3) is 0 Å². The van der Waals surface area contributed by atoms with E-state index in [4.69, 9.17) is 0 Å². The van der Waals surface area contributed by atoms with Gasteiger partial charge in [-0.25, -0.2) is 4.98 Å². The molecule has 2 fully saturated rings. The Morgan fingerprint density at radius 3 is 2.65 bits per heavy atom. The van der Waals surface area contributed by atoms with Crippen LogP contribution >= 0.6 is 27.7 Å². The monoisotopic (exact) mass is 355 g/mol. The van der Waals surface area contributed by atoms with Crippen LogP contribution in [0.2, 0.25) is 0 Å². The molecule has 1 aliphatic heterocycles. The van der Waals surface area contributed by atoms with E-state index in [0.717, 1.165) is 16.8 Å².